The minimum atomic E-state index is -3.03. The second kappa shape index (κ2) is 8.13. The Morgan fingerprint density at radius 2 is 2.06 bits per heavy atom. The van der Waals surface area contributed by atoms with Gasteiger partial charge in [-0.15, -0.1) is 11.3 Å². The molecule has 0 radical (unpaired) electrons. The van der Waals surface area contributed by atoms with Gasteiger partial charge in [-0.25, -0.2) is 18.4 Å². The zero-order valence-corrected chi connectivity index (χ0v) is 21.2. The van der Waals surface area contributed by atoms with E-state index in [2.05, 4.69) is 19.9 Å². The van der Waals surface area contributed by atoms with Gasteiger partial charge in [0.05, 0.1) is 11.9 Å². The van der Waals surface area contributed by atoms with Crippen LogP contribution in [0.4, 0.5) is 17.5 Å². The zero-order valence-electron chi connectivity index (χ0n) is 18.8. The van der Waals surface area contributed by atoms with Crippen LogP contribution in [0.5, 0.6) is 0 Å². The smallest absolute Gasteiger partial charge is 0.222 e. The van der Waals surface area contributed by atoms with Gasteiger partial charge in [0, 0.05) is 55.1 Å². The average Bonchev–Trinajstić information content (AvgIpc) is 3.39. The summed E-state index contributed by atoms with van der Waals surface area (Å²) in [6.45, 7) is 4.26. The van der Waals surface area contributed by atoms with Crippen LogP contribution in [0.15, 0.2) is 36.0 Å². The molecule has 5 rings (SSSR count). The van der Waals surface area contributed by atoms with E-state index in [1.807, 2.05) is 28.5 Å². The second-order valence-corrected chi connectivity index (χ2v) is 12.8. The molecule has 1 atom stereocenters. The highest BCUT2D eigenvalue weighted by Crippen LogP contribution is 2.51. The Hall–Kier alpha value is -2.31. The van der Waals surface area contributed by atoms with Crippen LogP contribution in [0.2, 0.25) is 5.02 Å². The number of nitrogens with two attached hydrogens (primary N) is 1. The molecule has 9 nitrogen and oxygen atoms in total. The third-order valence-electron chi connectivity index (χ3n) is 6.56. The van der Waals surface area contributed by atoms with Gasteiger partial charge in [0.15, 0.2) is 5.82 Å². The van der Waals surface area contributed by atoms with Gasteiger partial charge >= 0.3 is 0 Å². The van der Waals surface area contributed by atoms with Crippen molar-refractivity contribution < 1.29 is 13.5 Å². The van der Waals surface area contributed by atoms with Crippen LogP contribution >= 0.6 is 22.9 Å². The largest absolute Gasteiger partial charge is 0.378 e. The van der Waals surface area contributed by atoms with Crippen LogP contribution in [-0.4, -0.2) is 71.6 Å². The molecule has 34 heavy (non-hydrogen) atoms. The second-order valence-electron chi connectivity index (χ2n) is 9.25. The fourth-order valence-electron chi connectivity index (χ4n) is 4.85. The van der Waals surface area contributed by atoms with Gasteiger partial charge in [0.1, 0.15) is 25.5 Å². The Morgan fingerprint density at radius 3 is 2.74 bits per heavy atom. The first-order valence-corrected chi connectivity index (χ1v) is 14.0. The number of aromatic nitrogens is 3. The maximum atomic E-state index is 11.6. The van der Waals surface area contributed by atoms with E-state index in [4.69, 9.17) is 17.3 Å². The van der Waals surface area contributed by atoms with Crippen molar-refractivity contribution in [3.05, 3.63) is 57.1 Å². The van der Waals surface area contributed by atoms with Crippen LogP contribution in [0.1, 0.15) is 23.1 Å². The van der Waals surface area contributed by atoms with E-state index in [9.17, 15) is 13.5 Å². The molecule has 2 aromatic heterocycles. The Balaban J connectivity index is 1.54. The average molecular weight is 521 g/mol. The van der Waals surface area contributed by atoms with Gasteiger partial charge in [-0.05, 0) is 24.1 Å². The maximum absolute atomic E-state index is 11.6. The molecule has 0 bridgehead atoms. The number of thiazole rings is 1. The highest BCUT2D eigenvalue weighted by molar-refractivity contribution is 7.90. The molecule has 0 unspecified atom stereocenters. The molecule has 180 valence electrons. The molecule has 4 heterocycles. The third-order valence-corrected chi connectivity index (χ3v) is 8.74. The first-order chi connectivity index (χ1) is 16.0. The predicted octanol–water partition coefficient (Wildman–Crippen LogP) is 2.17. The third kappa shape index (κ3) is 4.05. The minimum absolute atomic E-state index is 0.122. The fraction of sp³-hybridized carbons (Fsp3) is 0.409. The summed E-state index contributed by atoms with van der Waals surface area (Å²) in [6.07, 6.45) is 4.41. The molecule has 1 aromatic carbocycles. The molecule has 0 amide bonds. The van der Waals surface area contributed by atoms with Crippen LogP contribution in [0.25, 0.3) is 0 Å². The van der Waals surface area contributed by atoms with E-state index < -0.39 is 15.4 Å². The molecule has 0 saturated carbocycles. The first kappa shape index (κ1) is 23.4. The van der Waals surface area contributed by atoms with Crippen LogP contribution in [0.3, 0.4) is 0 Å². The highest BCUT2D eigenvalue weighted by Gasteiger charge is 2.52. The number of nitrogen functional groups attached to an aromatic ring is 1. The van der Waals surface area contributed by atoms with E-state index in [1.165, 1.54) is 23.8 Å². The molecular formula is C22H25ClN6O3S2. The highest BCUT2D eigenvalue weighted by atomic mass is 35.5. The summed E-state index contributed by atoms with van der Waals surface area (Å²) in [5, 5.41) is 14.1. The minimum Gasteiger partial charge on any atom is -0.378 e. The van der Waals surface area contributed by atoms with Gasteiger partial charge in [-0.2, -0.15) is 4.98 Å². The van der Waals surface area contributed by atoms with Crippen molar-refractivity contribution in [1.29, 1.82) is 0 Å². The Morgan fingerprint density at radius 1 is 1.29 bits per heavy atom. The van der Waals surface area contributed by atoms with Gasteiger partial charge in [0.2, 0.25) is 5.95 Å². The number of sulfone groups is 1. The number of fused-ring (bicyclic) bond motifs is 2. The molecule has 0 aliphatic carbocycles. The normalized spacial score (nSPS) is 19.1. The standard InChI is InChI=1S/C22H25ClN6O3S2/c1-21(30,19-25-5-7-33-19)14-3-4-15-17(9-14)29(18-16(23)10-26-20(24)27-18)13-22(15)11-28(12-22)6-8-34(2,31)32/h3-5,7,9-10,30H,6,8,11-13H2,1-2H3,(H2,24,26,27)/t21-/m1/s1. The van der Waals surface area contributed by atoms with E-state index in [1.54, 1.807) is 13.1 Å². The Bertz CT molecular complexity index is 1340. The molecule has 3 aromatic rings. The topological polar surface area (TPSA) is 126 Å². The first-order valence-electron chi connectivity index (χ1n) is 10.7. The number of aliphatic hydroxyl groups is 1. The molecule has 1 spiro atoms. The number of halogens is 1. The van der Waals surface area contributed by atoms with E-state index in [-0.39, 0.29) is 17.1 Å². The van der Waals surface area contributed by atoms with Gasteiger partial charge in [-0.3, -0.25) is 0 Å². The summed E-state index contributed by atoms with van der Waals surface area (Å²) in [7, 11) is -3.03. The van der Waals surface area contributed by atoms with E-state index in [0.29, 0.717) is 47.6 Å². The van der Waals surface area contributed by atoms with E-state index in [0.717, 1.165) is 11.3 Å². The number of likely N-dealkylation sites (tertiary alicyclic amines) is 1. The van der Waals surface area contributed by atoms with Crippen molar-refractivity contribution in [1.82, 2.24) is 19.9 Å². The number of anilines is 3. The maximum Gasteiger partial charge on any atom is 0.222 e. The summed E-state index contributed by atoms with van der Waals surface area (Å²) < 4.78 is 23.2. The summed E-state index contributed by atoms with van der Waals surface area (Å²) >= 11 is 7.87. The van der Waals surface area contributed by atoms with Crippen molar-refractivity contribution in [2.45, 2.75) is 17.9 Å². The van der Waals surface area contributed by atoms with Gasteiger partial charge < -0.3 is 20.6 Å². The Labute approximate surface area is 207 Å². The molecule has 2 aliphatic rings. The summed E-state index contributed by atoms with van der Waals surface area (Å²) in [4.78, 5) is 16.9. The lowest BCUT2D eigenvalue weighted by Gasteiger charge is -2.48. The van der Waals surface area contributed by atoms with Crippen molar-refractivity contribution in [3.8, 4) is 0 Å². The zero-order chi connectivity index (χ0) is 24.3. The quantitative estimate of drug-likeness (QED) is 0.502. The van der Waals surface area contributed by atoms with Crippen molar-refractivity contribution in [2.24, 2.45) is 0 Å². The summed E-state index contributed by atoms with van der Waals surface area (Å²) in [5.74, 6) is 0.757. The van der Waals surface area contributed by atoms with Crippen LogP contribution in [0, 0.1) is 0 Å². The number of nitrogens with zero attached hydrogens (tertiary/aromatic N) is 5. The van der Waals surface area contributed by atoms with Crippen molar-refractivity contribution >= 4 is 50.2 Å². The molecule has 2 aliphatic heterocycles. The van der Waals surface area contributed by atoms with Gasteiger partial charge in [0.25, 0.3) is 0 Å². The molecular weight excluding hydrogens is 496 g/mol. The molecule has 3 N–H and O–H groups in total. The summed E-state index contributed by atoms with van der Waals surface area (Å²) in [6, 6.07) is 5.93. The van der Waals surface area contributed by atoms with Crippen LogP contribution < -0.4 is 10.6 Å². The SMILES string of the molecule is C[C@@](O)(c1ccc2c(c1)N(c1nc(N)ncc1Cl)CC21CN(CCS(C)(=O)=O)C1)c1nccs1. The molecule has 12 heteroatoms. The lowest BCUT2D eigenvalue weighted by molar-refractivity contribution is 0.0835. The van der Waals surface area contributed by atoms with Crippen molar-refractivity contribution in [3.63, 3.8) is 0 Å². The van der Waals surface area contributed by atoms with E-state index >= 15 is 0 Å². The predicted molar refractivity (Wildman–Crippen MR) is 134 cm³/mol. The Kier molecular flexibility index (Phi) is 5.60. The lowest BCUT2D eigenvalue weighted by Crippen LogP contribution is -2.61. The molecule has 1 saturated heterocycles. The molecule has 1 fully saturated rings. The van der Waals surface area contributed by atoms with Crippen LogP contribution in [-0.2, 0) is 20.9 Å². The summed E-state index contributed by atoms with van der Waals surface area (Å²) in [5.41, 5.74) is 7.10. The number of hydrogen-bond acceptors (Lipinski definition) is 10. The fourth-order valence-corrected chi connectivity index (χ4v) is 6.35. The number of hydrogen-bond donors (Lipinski definition) is 2. The lowest BCUT2D eigenvalue weighted by atomic mass is 9.75. The number of rotatable bonds is 6. The monoisotopic (exact) mass is 520 g/mol. The van der Waals surface area contributed by atoms with Gasteiger partial charge in [-0.1, -0.05) is 23.7 Å². The number of benzene rings is 1. The van der Waals surface area contributed by atoms with Crippen molar-refractivity contribution in [2.75, 3.05) is 48.8 Å².